The average molecular weight is 327 g/mol. The lowest BCUT2D eigenvalue weighted by atomic mass is 10.0. The Morgan fingerprint density at radius 3 is 2.62 bits per heavy atom. The minimum absolute atomic E-state index is 0.0754. The summed E-state index contributed by atoms with van der Waals surface area (Å²) < 4.78 is 6.38. The second-order valence-electron chi connectivity index (χ2n) is 5.53. The van der Waals surface area contributed by atoms with Crippen LogP contribution in [-0.4, -0.2) is 28.8 Å². The molecule has 6 nitrogen and oxygen atoms in total. The van der Waals surface area contributed by atoms with Gasteiger partial charge in [0.05, 0.1) is 25.8 Å². The normalized spacial score (nSPS) is 12.1. The van der Waals surface area contributed by atoms with E-state index in [0.717, 1.165) is 16.7 Å². The molecule has 0 saturated heterocycles. The second kappa shape index (κ2) is 8.10. The predicted molar refractivity (Wildman–Crippen MR) is 90.9 cm³/mol. The van der Waals surface area contributed by atoms with Crippen LogP contribution in [-0.2, 0) is 21.4 Å². The first-order valence-corrected chi connectivity index (χ1v) is 7.58. The molecule has 0 aliphatic rings. The van der Waals surface area contributed by atoms with Crippen molar-refractivity contribution in [2.24, 2.45) is 7.05 Å². The van der Waals surface area contributed by atoms with Crippen molar-refractivity contribution in [3.63, 3.8) is 0 Å². The summed E-state index contributed by atoms with van der Waals surface area (Å²) in [5.74, 6) is -0.662. The maximum atomic E-state index is 12.2. The fraction of sp³-hybridized carbons (Fsp3) is 0.278. The first kappa shape index (κ1) is 17.5. The number of nitrogens with one attached hydrogen (secondary N) is 1. The lowest BCUT2D eigenvalue weighted by Gasteiger charge is -2.17. The summed E-state index contributed by atoms with van der Waals surface area (Å²) in [4.78, 5) is 23.8. The van der Waals surface area contributed by atoms with E-state index < -0.39 is 6.04 Å². The van der Waals surface area contributed by atoms with Crippen molar-refractivity contribution in [1.82, 2.24) is 15.1 Å². The van der Waals surface area contributed by atoms with Gasteiger partial charge in [0.1, 0.15) is 0 Å². The van der Waals surface area contributed by atoms with Crippen molar-refractivity contribution in [2.45, 2.75) is 19.4 Å². The van der Waals surface area contributed by atoms with Gasteiger partial charge in [-0.05, 0) is 18.6 Å². The smallest absolute Gasteiger partial charge is 0.307 e. The average Bonchev–Trinajstić information content (AvgIpc) is 2.98. The third-order valence-corrected chi connectivity index (χ3v) is 3.55. The fourth-order valence-corrected chi connectivity index (χ4v) is 2.22. The van der Waals surface area contributed by atoms with E-state index in [1.807, 2.05) is 31.2 Å². The number of methoxy groups -OCH3 is 1. The van der Waals surface area contributed by atoms with E-state index in [4.69, 9.17) is 4.74 Å². The number of amides is 1. The van der Waals surface area contributed by atoms with E-state index in [9.17, 15) is 9.59 Å². The number of esters is 1. The Kier molecular flexibility index (Phi) is 5.89. The molecule has 0 aliphatic carbocycles. The van der Waals surface area contributed by atoms with E-state index in [0.29, 0.717) is 0 Å². The van der Waals surface area contributed by atoms with Gasteiger partial charge in [-0.15, -0.1) is 0 Å². The van der Waals surface area contributed by atoms with Crippen LogP contribution in [0.25, 0.3) is 6.08 Å². The number of carbonyl (C=O) groups excluding carboxylic acids is 2. The zero-order valence-corrected chi connectivity index (χ0v) is 14.0. The molecule has 1 heterocycles. The van der Waals surface area contributed by atoms with Crippen LogP contribution >= 0.6 is 0 Å². The highest BCUT2D eigenvalue weighted by Gasteiger charge is 2.18. The van der Waals surface area contributed by atoms with Crippen molar-refractivity contribution in [3.05, 3.63) is 59.4 Å². The molecule has 0 spiro atoms. The highest BCUT2D eigenvalue weighted by atomic mass is 16.5. The molecule has 24 heavy (non-hydrogen) atoms. The Labute approximate surface area is 141 Å². The van der Waals surface area contributed by atoms with E-state index in [2.05, 4.69) is 10.4 Å². The summed E-state index contributed by atoms with van der Waals surface area (Å²) in [6, 6.07) is 7.24. The van der Waals surface area contributed by atoms with E-state index in [1.165, 1.54) is 13.2 Å². The van der Waals surface area contributed by atoms with Crippen LogP contribution < -0.4 is 5.32 Å². The van der Waals surface area contributed by atoms with Crippen LogP contribution in [0.3, 0.4) is 0 Å². The molecule has 1 aromatic carbocycles. The Balaban J connectivity index is 2.09. The SMILES string of the molecule is COC(=O)C[C@H](NC(=O)/C=C\c1cnn(C)c1)c1ccc(C)cc1. The molecule has 1 amide bonds. The minimum atomic E-state index is -0.441. The molecule has 0 saturated carbocycles. The van der Waals surface area contributed by atoms with Gasteiger partial charge in [0.2, 0.25) is 5.91 Å². The van der Waals surface area contributed by atoms with Gasteiger partial charge < -0.3 is 10.1 Å². The number of rotatable bonds is 6. The van der Waals surface area contributed by atoms with Crippen molar-refractivity contribution < 1.29 is 14.3 Å². The molecule has 2 rings (SSSR count). The molecule has 1 N–H and O–H groups in total. The van der Waals surface area contributed by atoms with E-state index >= 15 is 0 Å². The van der Waals surface area contributed by atoms with Gasteiger partial charge in [-0.1, -0.05) is 29.8 Å². The molecule has 1 aromatic heterocycles. The largest absolute Gasteiger partial charge is 0.469 e. The quantitative estimate of drug-likeness (QED) is 0.652. The van der Waals surface area contributed by atoms with E-state index in [-0.39, 0.29) is 18.3 Å². The first-order valence-electron chi connectivity index (χ1n) is 7.58. The second-order valence-corrected chi connectivity index (χ2v) is 5.53. The van der Waals surface area contributed by atoms with E-state index in [1.54, 1.807) is 30.2 Å². The van der Waals surface area contributed by atoms with Gasteiger partial charge in [-0.2, -0.15) is 5.10 Å². The van der Waals surface area contributed by atoms with Crippen LogP contribution in [0.1, 0.15) is 29.2 Å². The molecule has 126 valence electrons. The summed E-state index contributed by atoms with van der Waals surface area (Å²) in [6.45, 7) is 1.98. The third-order valence-electron chi connectivity index (χ3n) is 3.55. The standard InChI is InChI=1S/C18H21N3O3/c1-13-4-7-15(8-5-13)16(10-18(23)24-3)20-17(22)9-6-14-11-19-21(2)12-14/h4-9,11-12,16H,10H2,1-3H3,(H,20,22)/b9-6-/t16-/m0/s1. The predicted octanol–water partition coefficient (Wildman–Crippen LogP) is 2.16. The third kappa shape index (κ3) is 5.08. The number of hydrogen-bond acceptors (Lipinski definition) is 4. The van der Waals surface area contributed by atoms with Crippen LogP contribution in [0.15, 0.2) is 42.7 Å². The highest BCUT2D eigenvalue weighted by molar-refractivity contribution is 5.92. The number of carbonyl (C=O) groups is 2. The minimum Gasteiger partial charge on any atom is -0.469 e. The molecular formula is C18H21N3O3. The summed E-state index contributed by atoms with van der Waals surface area (Å²) in [7, 11) is 3.14. The van der Waals surface area contributed by atoms with Crippen LogP contribution in [0.5, 0.6) is 0 Å². The number of benzene rings is 1. The van der Waals surface area contributed by atoms with Gasteiger partial charge in [-0.25, -0.2) is 0 Å². The molecule has 0 radical (unpaired) electrons. The summed E-state index contributed by atoms with van der Waals surface area (Å²) in [6.07, 6.45) is 6.64. The Hall–Kier alpha value is -2.89. The van der Waals surface area contributed by atoms with Crippen molar-refractivity contribution in [3.8, 4) is 0 Å². The zero-order chi connectivity index (χ0) is 17.5. The molecule has 0 unspecified atom stereocenters. The van der Waals surface area contributed by atoms with Gasteiger partial charge in [0.15, 0.2) is 0 Å². The van der Waals surface area contributed by atoms with Gasteiger partial charge in [0.25, 0.3) is 0 Å². The lowest BCUT2D eigenvalue weighted by Crippen LogP contribution is -2.29. The van der Waals surface area contributed by atoms with Gasteiger partial charge in [-0.3, -0.25) is 14.3 Å². The highest BCUT2D eigenvalue weighted by Crippen LogP contribution is 2.18. The zero-order valence-electron chi connectivity index (χ0n) is 14.0. The Bertz CT molecular complexity index is 732. The monoisotopic (exact) mass is 327 g/mol. The van der Waals surface area contributed by atoms with Crippen LogP contribution in [0.2, 0.25) is 0 Å². The Morgan fingerprint density at radius 1 is 1.33 bits per heavy atom. The fourth-order valence-electron chi connectivity index (χ4n) is 2.22. The van der Waals surface area contributed by atoms with Crippen molar-refractivity contribution >= 4 is 18.0 Å². The molecular weight excluding hydrogens is 306 g/mol. The number of aryl methyl sites for hydroxylation is 2. The van der Waals surface area contributed by atoms with Crippen LogP contribution in [0, 0.1) is 6.92 Å². The first-order chi connectivity index (χ1) is 11.5. The number of ether oxygens (including phenoxy) is 1. The summed E-state index contributed by atoms with van der Waals surface area (Å²) in [5.41, 5.74) is 2.79. The number of hydrogen-bond donors (Lipinski definition) is 1. The molecule has 0 fully saturated rings. The Morgan fingerprint density at radius 2 is 2.04 bits per heavy atom. The van der Waals surface area contributed by atoms with Crippen molar-refractivity contribution in [1.29, 1.82) is 0 Å². The summed E-state index contributed by atoms with van der Waals surface area (Å²) >= 11 is 0. The van der Waals surface area contributed by atoms with Gasteiger partial charge in [0, 0.05) is 24.9 Å². The molecule has 0 aliphatic heterocycles. The molecule has 6 heteroatoms. The maximum Gasteiger partial charge on any atom is 0.307 e. The number of aromatic nitrogens is 2. The number of nitrogens with zero attached hydrogens (tertiary/aromatic N) is 2. The maximum absolute atomic E-state index is 12.2. The van der Waals surface area contributed by atoms with Crippen LogP contribution in [0.4, 0.5) is 0 Å². The topological polar surface area (TPSA) is 73.2 Å². The van der Waals surface area contributed by atoms with Crippen molar-refractivity contribution in [2.75, 3.05) is 7.11 Å². The molecule has 2 aromatic rings. The molecule has 1 atom stereocenters. The lowest BCUT2D eigenvalue weighted by molar-refractivity contribution is -0.141. The molecule has 0 bridgehead atoms. The summed E-state index contributed by atoms with van der Waals surface area (Å²) in [5, 5.41) is 6.88. The van der Waals surface area contributed by atoms with Gasteiger partial charge >= 0.3 is 5.97 Å².